The molecule has 4 N–H and O–H groups in total. The SMILES string of the molecule is CCN(CC)CC(C)NS(=O)(=O)c1cn[nH]c1N. The Morgan fingerprint density at radius 2 is 2.11 bits per heavy atom. The van der Waals surface area contributed by atoms with Gasteiger partial charge in [0.2, 0.25) is 10.0 Å². The maximum absolute atomic E-state index is 12.0. The summed E-state index contributed by atoms with van der Waals surface area (Å²) in [6, 6.07) is -0.191. The smallest absolute Gasteiger partial charge is 0.246 e. The maximum atomic E-state index is 12.0. The number of aromatic amines is 1. The zero-order valence-electron chi connectivity index (χ0n) is 11.0. The molecule has 0 aromatic carbocycles. The van der Waals surface area contributed by atoms with Crippen molar-refractivity contribution in [1.82, 2.24) is 19.8 Å². The molecule has 0 aliphatic heterocycles. The van der Waals surface area contributed by atoms with Gasteiger partial charge in [0.05, 0.1) is 6.20 Å². The highest BCUT2D eigenvalue weighted by atomic mass is 32.2. The van der Waals surface area contributed by atoms with Gasteiger partial charge in [0.15, 0.2) is 0 Å². The second kappa shape index (κ2) is 6.17. The summed E-state index contributed by atoms with van der Waals surface area (Å²) in [6.45, 7) is 8.33. The molecule has 0 aliphatic carbocycles. The first-order valence-electron chi connectivity index (χ1n) is 5.94. The Kier molecular flexibility index (Phi) is 5.12. The van der Waals surface area contributed by atoms with Crippen molar-refractivity contribution >= 4 is 15.8 Å². The Morgan fingerprint density at radius 3 is 2.56 bits per heavy atom. The molecule has 0 bridgehead atoms. The summed E-state index contributed by atoms with van der Waals surface area (Å²) in [5, 5.41) is 6.02. The van der Waals surface area contributed by atoms with E-state index in [2.05, 4.69) is 19.8 Å². The number of nitrogen functional groups attached to an aromatic ring is 1. The zero-order chi connectivity index (χ0) is 13.8. The lowest BCUT2D eigenvalue weighted by molar-refractivity contribution is 0.282. The molecule has 7 nitrogen and oxygen atoms in total. The van der Waals surface area contributed by atoms with Crippen molar-refractivity contribution in [1.29, 1.82) is 0 Å². The van der Waals surface area contributed by atoms with E-state index in [1.165, 1.54) is 6.20 Å². The summed E-state index contributed by atoms with van der Waals surface area (Å²) >= 11 is 0. The number of likely N-dealkylation sites (N-methyl/N-ethyl adjacent to an activating group) is 1. The summed E-state index contributed by atoms with van der Waals surface area (Å²) in [6.07, 6.45) is 1.21. The van der Waals surface area contributed by atoms with Crippen molar-refractivity contribution in [2.45, 2.75) is 31.7 Å². The number of hydrogen-bond donors (Lipinski definition) is 3. The highest BCUT2D eigenvalue weighted by Crippen LogP contribution is 2.14. The molecule has 0 amide bonds. The molecular weight excluding hydrogens is 254 g/mol. The molecule has 0 spiro atoms. The largest absolute Gasteiger partial charge is 0.383 e. The number of nitrogens with zero attached hydrogens (tertiary/aromatic N) is 2. The molecule has 8 heteroatoms. The van der Waals surface area contributed by atoms with E-state index >= 15 is 0 Å². The minimum atomic E-state index is -3.60. The van der Waals surface area contributed by atoms with Crippen molar-refractivity contribution in [3.63, 3.8) is 0 Å². The zero-order valence-corrected chi connectivity index (χ0v) is 11.8. The van der Waals surface area contributed by atoms with E-state index in [1.54, 1.807) is 0 Å². The Balaban J connectivity index is 2.69. The van der Waals surface area contributed by atoms with Crippen molar-refractivity contribution in [3.05, 3.63) is 6.20 Å². The van der Waals surface area contributed by atoms with Crippen LogP contribution in [0.1, 0.15) is 20.8 Å². The molecule has 1 rings (SSSR count). The average Bonchev–Trinajstić information content (AvgIpc) is 2.72. The lowest BCUT2D eigenvalue weighted by Gasteiger charge is -2.23. The summed E-state index contributed by atoms with van der Waals surface area (Å²) in [7, 11) is -3.60. The summed E-state index contributed by atoms with van der Waals surface area (Å²) in [5.41, 5.74) is 5.51. The van der Waals surface area contributed by atoms with Crippen LogP contribution in [-0.4, -0.2) is 49.2 Å². The number of rotatable bonds is 7. The minimum absolute atomic E-state index is 0.00565. The normalized spacial score (nSPS) is 14.0. The maximum Gasteiger partial charge on any atom is 0.246 e. The predicted octanol–water partition coefficient (Wildman–Crippen LogP) is 0.000500. The van der Waals surface area contributed by atoms with Crippen molar-refractivity contribution in [2.75, 3.05) is 25.4 Å². The Bertz CT molecular complexity index is 466. The Morgan fingerprint density at radius 1 is 1.50 bits per heavy atom. The second-order valence-corrected chi connectivity index (χ2v) is 5.84. The standard InChI is InChI=1S/C10H21N5O2S/c1-4-15(5-2)7-8(3)14-18(16,17)9-6-12-13-10(9)11/h6,8,14H,4-5,7H2,1-3H3,(H3,11,12,13). The van der Waals surface area contributed by atoms with Crippen LogP contribution in [-0.2, 0) is 10.0 Å². The van der Waals surface area contributed by atoms with E-state index in [-0.39, 0.29) is 16.8 Å². The summed E-state index contributed by atoms with van der Waals surface area (Å²) < 4.78 is 26.6. The molecule has 1 aromatic heterocycles. The monoisotopic (exact) mass is 275 g/mol. The lowest BCUT2D eigenvalue weighted by Crippen LogP contribution is -2.41. The molecule has 104 valence electrons. The van der Waals surface area contributed by atoms with Crippen LogP contribution in [0, 0.1) is 0 Å². The van der Waals surface area contributed by atoms with Gasteiger partial charge in [-0.15, -0.1) is 0 Å². The quantitative estimate of drug-likeness (QED) is 0.650. The van der Waals surface area contributed by atoms with Gasteiger partial charge >= 0.3 is 0 Å². The van der Waals surface area contributed by atoms with Crippen LogP contribution in [0.2, 0.25) is 0 Å². The number of nitrogens with one attached hydrogen (secondary N) is 2. The first kappa shape index (κ1) is 14.9. The molecule has 0 aliphatic rings. The van der Waals surface area contributed by atoms with Crippen LogP contribution in [0.25, 0.3) is 0 Å². The number of hydrogen-bond acceptors (Lipinski definition) is 5. The van der Waals surface area contributed by atoms with Gasteiger partial charge in [0.1, 0.15) is 10.7 Å². The molecule has 1 unspecified atom stereocenters. The van der Waals surface area contributed by atoms with Crippen LogP contribution in [0.3, 0.4) is 0 Å². The third-order valence-corrected chi connectivity index (χ3v) is 4.32. The van der Waals surface area contributed by atoms with Crippen LogP contribution < -0.4 is 10.5 Å². The van der Waals surface area contributed by atoms with Gasteiger partial charge in [-0.1, -0.05) is 13.8 Å². The number of nitrogens with two attached hydrogens (primary N) is 1. The Hall–Kier alpha value is -1.12. The van der Waals surface area contributed by atoms with Gasteiger partial charge in [0.25, 0.3) is 0 Å². The highest BCUT2D eigenvalue weighted by molar-refractivity contribution is 7.89. The number of anilines is 1. The average molecular weight is 275 g/mol. The fraction of sp³-hybridized carbons (Fsp3) is 0.700. The third kappa shape index (κ3) is 3.69. The van der Waals surface area contributed by atoms with Gasteiger partial charge in [0, 0.05) is 12.6 Å². The van der Waals surface area contributed by atoms with Crippen LogP contribution >= 0.6 is 0 Å². The third-order valence-electron chi connectivity index (χ3n) is 2.70. The first-order valence-corrected chi connectivity index (χ1v) is 7.42. The summed E-state index contributed by atoms with van der Waals surface area (Å²) in [5.74, 6) is 0.0533. The van der Waals surface area contributed by atoms with Gasteiger partial charge in [-0.2, -0.15) is 5.10 Å². The molecule has 1 atom stereocenters. The molecule has 0 fully saturated rings. The molecule has 18 heavy (non-hydrogen) atoms. The molecule has 0 radical (unpaired) electrons. The van der Waals surface area contributed by atoms with Gasteiger partial charge in [-0.25, -0.2) is 13.1 Å². The van der Waals surface area contributed by atoms with E-state index in [1.807, 2.05) is 20.8 Å². The second-order valence-electron chi connectivity index (χ2n) is 4.16. The van der Waals surface area contributed by atoms with E-state index in [0.29, 0.717) is 6.54 Å². The molecule has 0 saturated heterocycles. The van der Waals surface area contributed by atoms with Crippen LogP contribution in [0.4, 0.5) is 5.82 Å². The van der Waals surface area contributed by atoms with Crippen LogP contribution in [0.5, 0.6) is 0 Å². The molecule has 0 saturated carbocycles. The number of sulfonamides is 1. The van der Waals surface area contributed by atoms with Crippen molar-refractivity contribution in [3.8, 4) is 0 Å². The van der Waals surface area contributed by atoms with Gasteiger partial charge < -0.3 is 10.6 Å². The molecule has 1 aromatic rings. The summed E-state index contributed by atoms with van der Waals surface area (Å²) in [4.78, 5) is 2.14. The van der Waals surface area contributed by atoms with Crippen molar-refractivity contribution < 1.29 is 8.42 Å². The van der Waals surface area contributed by atoms with E-state index in [9.17, 15) is 8.42 Å². The van der Waals surface area contributed by atoms with E-state index < -0.39 is 10.0 Å². The van der Waals surface area contributed by atoms with Crippen molar-refractivity contribution in [2.24, 2.45) is 0 Å². The first-order chi connectivity index (χ1) is 8.40. The Labute approximate surface area is 108 Å². The number of aromatic nitrogens is 2. The molecule has 1 heterocycles. The lowest BCUT2D eigenvalue weighted by atomic mass is 10.3. The highest BCUT2D eigenvalue weighted by Gasteiger charge is 2.22. The molecular formula is C10H21N5O2S. The number of H-pyrrole nitrogens is 1. The van der Waals surface area contributed by atoms with E-state index in [4.69, 9.17) is 5.73 Å². The fourth-order valence-corrected chi connectivity index (χ4v) is 2.99. The predicted molar refractivity (Wildman–Crippen MR) is 70.6 cm³/mol. The van der Waals surface area contributed by atoms with Crippen LogP contribution in [0.15, 0.2) is 11.1 Å². The van der Waals surface area contributed by atoms with E-state index in [0.717, 1.165) is 13.1 Å². The minimum Gasteiger partial charge on any atom is -0.383 e. The van der Waals surface area contributed by atoms with Gasteiger partial charge in [-0.3, -0.25) is 5.10 Å². The fourth-order valence-electron chi connectivity index (χ4n) is 1.73. The van der Waals surface area contributed by atoms with Gasteiger partial charge in [-0.05, 0) is 20.0 Å². The topological polar surface area (TPSA) is 104 Å².